The van der Waals surface area contributed by atoms with E-state index in [-0.39, 0.29) is 54.8 Å². The fourth-order valence-corrected chi connectivity index (χ4v) is 2.85. The Labute approximate surface area is 198 Å². The Morgan fingerprint density at radius 2 is 1.58 bits per heavy atom. The lowest BCUT2D eigenvalue weighted by molar-refractivity contribution is -0.124. The maximum absolute atomic E-state index is 13.3. The molecule has 9 heteroatoms. The van der Waals surface area contributed by atoms with Gasteiger partial charge in [0.05, 0.1) is 11.1 Å². The van der Waals surface area contributed by atoms with E-state index in [1.807, 2.05) is 24.3 Å². The van der Waals surface area contributed by atoms with E-state index >= 15 is 0 Å². The van der Waals surface area contributed by atoms with Crippen LogP contribution in [0.15, 0.2) is 42.5 Å². The second kappa shape index (κ2) is 12.4. The van der Waals surface area contributed by atoms with Gasteiger partial charge in [-0.15, -0.1) is 0 Å². The van der Waals surface area contributed by atoms with E-state index in [9.17, 15) is 19.1 Å². The highest BCUT2D eigenvalue weighted by Gasteiger charge is 2.14. The number of benzene rings is 2. The Morgan fingerprint density at radius 1 is 1.00 bits per heavy atom. The maximum Gasteiger partial charge on any atom is 0.258 e. The van der Waals surface area contributed by atoms with Gasteiger partial charge in [0.2, 0.25) is 0 Å². The van der Waals surface area contributed by atoms with Crippen molar-refractivity contribution in [3.63, 3.8) is 0 Å². The molecule has 0 aliphatic rings. The molecule has 0 heterocycles. The standard InChI is InChI=1S/C24H30ClFN2O5/c1-24(2,3)16-4-6-18(7-5-16)32-15-23(31)28-13-17(29)10-11-27-22(30)14-33-19-8-9-20(25)21(26)12-19/h4-9,12,17,29H,10-11,13-15H2,1-3H3,(H,27,30)(H,28,31)/t17-/m0/s1. The van der Waals surface area contributed by atoms with Crippen LogP contribution >= 0.6 is 11.6 Å². The second-order valence-corrected chi connectivity index (χ2v) is 8.93. The highest BCUT2D eigenvalue weighted by molar-refractivity contribution is 6.30. The van der Waals surface area contributed by atoms with Crippen molar-refractivity contribution < 1.29 is 28.6 Å². The van der Waals surface area contributed by atoms with Crippen LogP contribution in [0.2, 0.25) is 5.02 Å². The second-order valence-electron chi connectivity index (χ2n) is 8.52. The molecule has 2 amide bonds. The van der Waals surface area contributed by atoms with Crippen LogP contribution in [0.3, 0.4) is 0 Å². The van der Waals surface area contributed by atoms with Crippen molar-refractivity contribution in [3.05, 3.63) is 58.9 Å². The quantitative estimate of drug-likeness (QED) is 0.459. The van der Waals surface area contributed by atoms with E-state index in [4.69, 9.17) is 21.1 Å². The molecule has 3 N–H and O–H groups in total. The Kier molecular flexibility index (Phi) is 9.94. The minimum atomic E-state index is -0.841. The largest absolute Gasteiger partial charge is 0.484 e. The molecule has 7 nitrogen and oxygen atoms in total. The molecular formula is C24H30ClFN2O5. The van der Waals surface area contributed by atoms with Crippen LogP contribution in [0.25, 0.3) is 0 Å². The molecule has 0 fully saturated rings. The van der Waals surface area contributed by atoms with E-state index in [1.54, 1.807) is 0 Å². The van der Waals surface area contributed by atoms with E-state index < -0.39 is 17.8 Å². The van der Waals surface area contributed by atoms with Crippen molar-refractivity contribution in [2.24, 2.45) is 0 Å². The zero-order valence-corrected chi connectivity index (χ0v) is 19.7. The zero-order valence-electron chi connectivity index (χ0n) is 19.0. The summed E-state index contributed by atoms with van der Waals surface area (Å²) >= 11 is 5.58. The van der Waals surface area contributed by atoms with Gasteiger partial charge in [0.25, 0.3) is 11.8 Å². The highest BCUT2D eigenvalue weighted by Crippen LogP contribution is 2.24. The van der Waals surface area contributed by atoms with Crippen LogP contribution in [-0.4, -0.2) is 49.3 Å². The minimum Gasteiger partial charge on any atom is -0.484 e. The van der Waals surface area contributed by atoms with Crippen molar-refractivity contribution in [1.29, 1.82) is 0 Å². The maximum atomic E-state index is 13.3. The number of rotatable bonds is 11. The van der Waals surface area contributed by atoms with Gasteiger partial charge in [0, 0.05) is 19.2 Å². The number of nitrogens with one attached hydrogen (secondary N) is 2. The average Bonchev–Trinajstić information content (AvgIpc) is 2.76. The number of ether oxygens (including phenoxy) is 2. The number of aliphatic hydroxyl groups is 1. The molecule has 0 aliphatic carbocycles. The van der Waals surface area contributed by atoms with Crippen LogP contribution in [0.5, 0.6) is 11.5 Å². The summed E-state index contributed by atoms with van der Waals surface area (Å²) in [4.78, 5) is 23.7. The van der Waals surface area contributed by atoms with Crippen molar-refractivity contribution in [2.45, 2.75) is 38.7 Å². The van der Waals surface area contributed by atoms with E-state index in [0.29, 0.717) is 5.75 Å². The predicted octanol–water partition coefficient (Wildman–Crippen LogP) is 3.22. The molecule has 0 spiro atoms. The third-order valence-electron chi connectivity index (χ3n) is 4.69. The molecule has 2 aromatic rings. The Morgan fingerprint density at radius 3 is 2.18 bits per heavy atom. The summed E-state index contributed by atoms with van der Waals surface area (Å²) in [5.41, 5.74) is 1.20. The van der Waals surface area contributed by atoms with Crippen molar-refractivity contribution >= 4 is 23.4 Å². The number of carbonyl (C=O) groups is 2. The minimum absolute atomic E-state index is 0.0293. The lowest BCUT2D eigenvalue weighted by atomic mass is 9.87. The summed E-state index contributed by atoms with van der Waals surface area (Å²) in [5.74, 6) is -0.648. The van der Waals surface area contributed by atoms with Gasteiger partial charge in [-0.25, -0.2) is 4.39 Å². The van der Waals surface area contributed by atoms with Gasteiger partial charge in [0.15, 0.2) is 13.2 Å². The number of aliphatic hydroxyl groups excluding tert-OH is 1. The summed E-state index contributed by atoms with van der Waals surface area (Å²) in [6, 6.07) is 11.4. The SMILES string of the molecule is CC(C)(C)c1ccc(OCC(=O)NC[C@@H](O)CCNC(=O)COc2ccc(Cl)c(F)c2)cc1. The monoisotopic (exact) mass is 480 g/mol. The van der Waals surface area contributed by atoms with Gasteiger partial charge in [-0.3, -0.25) is 9.59 Å². The molecule has 33 heavy (non-hydrogen) atoms. The molecule has 0 aromatic heterocycles. The number of amides is 2. The van der Waals surface area contributed by atoms with Crippen LogP contribution in [0.4, 0.5) is 4.39 Å². The Hall–Kier alpha value is -2.84. The lowest BCUT2D eigenvalue weighted by Gasteiger charge is -2.19. The topological polar surface area (TPSA) is 96.9 Å². The first kappa shape index (κ1) is 26.4. The molecular weight excluding hydrogens is 451 g/mol. The molecule has 0 saturated carbocycles. The fourth-order valence-electron chi connectivity index (χ4n) is 2.73. The van der Waals surface area contributed by atoms with Crippen LogP contribution in [0, 0.1) is 5.82 Å². The molecule has 2 rings (SSSR count). The molecule has 180 valence electrons. The lowest BCUT2D eigenvalue weighted by Crippen LogP contribution is -2.37. The zero-order chi connectivity index (χ0) is 24.4. The van der Waals surface area contributed by atoms with Gasteiger partial charge in [-0.05, 0) is 41.7 Å². The van der Waals surface area contributed by atoms with Crippen molar-refractivity contribution in [1.82, 2.24) is 10.6 Å². The van der Waals surface area contributed by atoms with E-state index in [0.717, 1.165) is 6.07 Å². The first-order valence-corrected chi connectivity index (χ1v) is 10.9. The van der Waals surface area contributed by atoms with Gasteiger partial charge in [-0.2, -0.15) is 0 Å². The first-order valence-electron chi connectivity index (χ1n) is 10.6. The number of hydrogen-bond donors (Lipinski definition) is 3. The molecule has 0 unspecified atom stereocenters. The smallest absolute Gasteiger partial charge is 0.258 e. The third kappa shape index (κ3) is 9.67. The van der Waals surface area contributed by atoms with E-state index in [2.05, 4.69) is 31.4 Å². The third-order valence-corrected chi connectivity index (χ3v) is 4.99. The van der Waals surface area contributed by atoms with Crippen LogP contribution in [-0.2, 0) is 15.0 Å². The summed E-state index contributed by atoms with van der Waals surface area (Å²) in [6.07, 6.45) is -0.608. The number of hydrogen-bond acceptors (Lipinski definition) is 5. The van der Waals surface area contributed by atoms with Crippen molar-refractivity contribution in [3.8, 4) is 11.5 Å². The first-order chi connectivity index (χ1) is 15.5. The molecule has 0 radical (unpaired) electrons. The summed E-state index contributed by atoms with van der Waals surface area (Å²) in [6.45, 7) is 6.09. The fraction of sp³-hybridized carbons (Fsp3) is 0.417. The summed E-state index contributed by atoms with van der Waals surface area (Å²) in [7, 11) is 0. The normalized spacial score (nSPS) is 12.1. The number of halogens is 2. The molecule has 0 saturated heterocycles. The average molecular weight is 481 g/mol. The number of carbonyl (C=O) groups excluding carboxylic acids is 2. The van der Waals surface area contributed by atoms with Gasteiger partial charge < -0.3 is 25.2 Å². The Balaban J connectivity index is 1.58. The molecule has 1 atom stereocenters. The molecule has 2 aromatic carbocycles. The highest BCUT2D eigenvalue weighted by atomic mass is 35.5. The van der Waals surface area contributed by atoms with Crippen molar-refractivity contribution in [2.75, 3.05) is 26.3 Å². The molecule has 0 aliphatic heterocycles. The van der Waals surface area contributed by atoms with Gasteiger partial charge in [-0.1, -0.05) is 44.5 Å². The predicted molar refractivity (Wildman–Crippen MR) is 124 cm³/mol. The summed E-state index contributed by atoms with van der Waals surface area (Å²) < 4.78 is 24.0. The van der Waals surface area contributed by atoms with E-state index in [1.165, 1.54) is 17.7 Å². The molecule has 0 bridgehead atoms. The van der Waals surface area contributed by atoms with Gasteiger partial charge >= 0.3 is 0 Å². The summed E-state index contributed by atoms with van der Waals surface area (Å²) in [5, 5.41) is 15.1. The van der Waals surface area contributed by atoms with Crippen LogP contribution in [0.1, 0.15) is 32.8 Å². The van der Waals surface area contributed by atoms with Gasteiger partial charge in [0.1, 0.15) is 17.3 Å². The Bertz CT molecular complexity index is 931. The van der Waals surface area contributed by atoms with Crippen LogP contribution < -0.4 is 20.1 Å².